The smallest absolute Gasteiger partial charge is 0.158 e. The molecule has 0 bridgehead atoms. The van der Waals surface area contributed by atoms with Crippen molar-refractivity contribution < 1.29 is 9.13 Å². The molecular formula is C14H13FN2O. The van der Waals surface area contributed by atoms with E-state index in [0.29, 0.717) is 6.54 Å². The lowest BCUT2D eigenvalue weighted by atomic mass is 10.1. The van der Waals surface area contributed by atoms with Gasteiger partial charge >= 0.3 is 0 Å². The van der Waals surface area contributed by atoms with E-state index in [-0.39, 0.29) is 11.9 Å². The number of fused-ring (bicyclic) bond motifs is 1. The minimum absolute atomic E-state index is 0.181. The van der Waals surface area contributed by atoms with Gasteiger partial charge in [-0.05, 0) is 30.7 Å². The van der Waals surface area contributed by atoms with Gasteiger partial charge in [-0.25, -0.2) is 4.39 Å². The quantitative estimate of drug-likeness (QED) is 0.837. The molecule has 2 aromatic rings. The van der Waals surface area contributed by atoms with Crippen molar-refractivity contribution >= 4 is 5.69 Å². The average molecular weight is 244 g/mol. The Kier molecular flexibility index (Phi) is 2.63. The van der Waals surface area contributed by atoms with Crippen molar-refractivity contribution in [2.24, 2.45) is 0 Å². The highest BCUT2D eigenvalue weighted by molar-refractivity contribution is 5.61. The number of aromatic nitrogens is 1. The largest absolute Gasteiger partial charge is 0.480 e. The van der Waals surface area contributed by atoms with Crippen LogP contribution in [0.1, 0.15) is 17.4 Å². The maximum atomic E-state index is 12.8. The maximum Gasteiger partial charge on any atom is 0.158 e. The van der Waals surface area contributed by atoms with Gasteiger partial charge in [0.25, 0.3) is 0 Å². The summed E-state index contributed by atoms with van der Waals surface area (Å²) in [4.78, 5) is 4.06. The number of ether oxygens (including phenoxy) is 1. The zero-order valence-electron chi connectivity index (χ0n) is 9.98. The molecule has 3 nitrogen and oxygen atoms in total. The lowest BCUT2D eigenvalue weighted by Gasteiger charge is -2.28. The van der Waals surface area contributed by atoms with E-state index >= 15 is 0 Å². The number of para-hydroxylation sites is 1. The van der Waals surface area contributed by atoms with Gasteiger partial charge in [-0.1, -0.05) is 12.1 Å². The topological polar surface area (TPSA) is 34.1 Å². The second kappa shape index (κ2) is 4.29. The number of halogens is 1. The van der Waals surface area contributed by atoms with Gasteiger partial charge in [0.15, 0.2) is 6.10 Å². The van der Waals surface area contributed by atoms with Gasteiger partial charge in [0.2, 0.25) is 0 Å². The summed E-state index contributed by atoms with van der Waals surface area (Å²) >= 11 is 0. The van der Waals surface area contributed by atoms with Crippen LogP contribution in [-0.4, -0.2) is 11.5 Å². The zero-order valence-corrected chi connectivity index (χ0v) is 9.98. The Morgan fingerprint density at radius 2 is 2.22 bits per heavy atom. The standard InChI is InChI=1S/C14H13FN2O/c1-9-3-2-4-12-14(9)18-13(8-17-12)11-6-5-10(15)7-16-11/h2-7,13,17H,8H2,1H3. The number of aryl methyl sites for hydroxylation is 1. The zero-order chi connectivity index (χ0) is 12.5. The summed E-state index contributed by atoms with van der Waals surface area (Å²) in [6, 6.07) is 9.03. The first kappa shape index (κ1) is 11.0. The summed E-state index contributed by atoms with van der Waals surface area (Å²) in [6.45, 7) is 2.63. The molecule has 0 aliphatic carbocycles. The van der Waals surface area contributed by atoms with Crippen LogP contribution in [0.5, 0.6) is 5.75 Å². The number of anilines is 1. The van der Waals surface area contributed by atoms with E-state index in [4.69, 9.17) is 4.74 Å². The molecule has 0 spiro atoms. The summed E-state index contributed by atoms with van der Waals surface area (Å²) in [7, 11) is 0. The normalized spacial score (nSPS) is 17.6. The first-order valence-electron chi connectivity index (χ1n) is 5.85. The molecule has 92 valence electrons. The molecular weight excluding hydrogens is 231 g/mol. The number of benzene rings is 1. The second-order valence-corrected chi connectivity index (χ2v) is 4.34. The minimum Gasteiger partial charge on any atom is -0.480 e. The molecule has 18 heavy (non-hydrogen) atoms. The molecule has 1 N–H and O–H groups in total. The van der Waals surface area contributed by atoms with E-state index in [9.17, 15) is 4.39 Å². The van der Waals surface area contributed by atoms with E-state index in [1.807, 2.05) is 25.1 Å². The first-order valence-corrected chi connectivity index (χ1v) is 5.85. The van der Waals surface area contributed by atoms with E-state index in [1.165, 1.54) is 12.3 Å². The molecule has 0 radical (unpaired) electrons. The first-order chi connectivity index (χ1) is 8.74. The molecule has 0 amide bonds. The molecule has 1 unspecified atom stereocenters. The summed E-state index contributed by atoms with van der Waals surface area (Å²) in [6.07, 6.45) is 1.03. The molecule has 1 aliphatic rings. The van der Waals surface area contributed by atoms with Crippen LogP contribution in [0.15, 0.2) is 36.5 Å². The molecule has 1 aliphatic heterocycles. The minimum atomic E-state index is -0.334. The highest BCUT2D eigenvalue weighted by atomic mass is 19.1. The molecule has 4 heteroatoms. The van der Waals surface area contributed by atoms with Crippen molar-refractivity contribution in [3.63, 3.8) is 0 Å². The summed E-state index contributed by atoms with van der Waals surface area (Å²) in [5, 5.41) is 3.31. The highest BCUT2D eigenvalue weighted by Crippen LogP contribution is 2.36. The van der Waals surface area contributed by atoms with Crippen LogP contribution in [0.2, 0.25) is 0 Å². The van der Waals surface area contributed by atoms with Crippen molar-refractivity contribution in [2.45, 2.75) is 13.0 Å². The molecule has 0 saturated carbocycles. The SMILES string of the molecule is Cc1cccc2c1OC(c1ccc(F)cn1)CN2. The van der Waals surface area contributed by atoms with Gasteiger partial charge in [-0.2, -0.15) is 0 Å². The van der Waals surface area contributed by atoms with Crippen molar-refractivity contribution in [2.75, 3.05) is 11.9 Å². The number of hydrogen-bond acceptors (Lipinski definition) is 3. The van der Waals surface area contributed by atoms with Crippen LogP contribution in [0.25, 0.3) is 0 Å². The Balaban J connectivity index is 1.90. The molecule has 1 atom stereocenters. The predicted molar refractivity (Wildman–Crippen MR) is 67.2 cm³/mol. The fourth-order valence-electron chi connectivity index (χ4n) is 2.08. The van der Waals surface area contributed by atoms with Gasteiger partial charge in [0.1, 0.15) is 11.6 Å². The fourth-order valence-corrected chi connectivity index (χ4v) is 2.08. The van der Waals surface area contributed by atoms with Crippen LogP contribution in [-0.2, 0) is 0 Å². The third-order valence-corrected chi connectivity index (χ3v) is 3.03. The fraction of sp³-hybridized carbons (Fsp3) is 0.214. The lowest BCUT2D eigenvalue weighted by Crippen LogP contribution is -2.24. The number of rotatable bonds is 1. The van der Waals surface area contributed by atoms with E-state index in [2.05, 4.69) is 10.3 Å². The molecule has 3 rings (SSSR count). The molecule has 2 heterocycles. The van der Waals surface area contributed by atoms with Gasteiger partial charge in [-0.15, -0.1) is 0 Å². The van der Waals surface area contributed by atoms with Crippen LogP contribution in [0.4, 0.5) is 10.1 Å². The van der Waals surface area contributed by atoms with Gasteiger partial charge in [-0.3, -0.25) is 4.98 Å². The lowest BCUT2D eigenvalue weighted by molar-refractivity contribution is 0.204. The average Bonchev–Trinajstić information content (AvgIpc) is 2.40. The van der Waals surface area contributed by atoms with Crippen molar-refractivity contribution in [1.82, 2.24) is 4.98 Å². The third kappa shape index (κ3) is 1.90. The van der Waals surface area contributed by atoms with E-state index in [1.54, 1.807) is 6.07 Å². The predicted octanol–water partition coefficient (Wildman–Crippen LogP) is 3.07. The third-order valence-electron chi connectivity index (χ3n) is 3.03. The van der Waals surface area contributed by atoms with Crippen molar-refractivity contribution in [1.29, 1.82) is 0 Å². The Labute approximate surface area is 105 Å². The van der Waals surface area contributed by atoms with Gasteiger partial charge in [0, 0.05) is 0 Å². The highest BCUT2D eigenvalue weighted by Gasteiger charge is 2.22. The summed E-state index contributed by atoms with van der Waals surface area (Å²) < 4.78 is 18.8. The number of hydrogen-bond donors (Lipinski definition) is 1. The maximum absolute atomic E-state index is 12.8. The Bertz CT molecular complexity index is 569. The van der Waals surface area contributed by atoms with Crippen LogP contribution < -0.4 is 10.1 Å². The Morgan fingerprint density at radius 1 is 1.33 bits per heavy atom. The summed E-state index contributed by atoms with van der Waals surface area (Å²) in [5.74, 6) is 0.513. The van der Waals surface area contributed by atoms with Crippen LogP contribution in [0.3, 0.4) is 0 Å². The number of nitrogens with zero attached hydrogens (tertiary/aromatic N) is 1. The van der Waals surface area contributed by atoms with Gasteiger partial charge < -0.3 is 10.1 Å². The Hall–Kier alpha value is -2.10. The second-order valence-electron chi connectivity index (χ2n) is 4.34. The van der Waals surface area contributed by atoms with Crippen molar-refractivity contribution in [3.8, 4) is 5.75 Å². The molecule has 1 aromatic carbocycles. The molecule has 1 aromatic heterocycles. The molecule has 0 saturated heterocycles. The van der Waals surface area contributed by atoms with E-state index in [0.717, 1.165) is 22.7 Å². The van der Waals surface area contributed by atoms with Gasteiger partial charge in [0.05, 0.1) is 24.1 Å². The number of pyridine rings is 1. The summed E-state index contributed by atoms with van der Waals surface area (Å²) in [5.41, 5.74) is 2.80. The van der Waals surface area contributed by atoms with E-state index < -0.39 is 0 Å². The van der Waals surface area contributed by atoms with Crippen LogP contribution in [0, 0.1) is 12.7 Å². The van der Waals surface area contributed by atoms with Crippen molar-refractivity contribution in [3.05, 3.63) is 53.6 Å². The van der Waals surface area contributed by atoms with Crippen LogP contribution >= 0.6 is 0 Å². The number of nitrogens with one attached hydrogen (secondary N) is 1. The molecule has 0 fully saturated rings. The monoisotopic (exact) mass is 244 g/mol. The Morgan fingerprint density at radius 3 is 3.00 bits per heavy atom.